The summed E-state index contributed by atoms with van der Waals surface area (Å²) < 4.78 is 23.0. The van der Waals surface area contributed by atoms with E-state index in [-0.39, 0.29) is 12.8 Å². The Kier molecular flexibility index (Phi) is 37.6. The summed E-state index contributed by atoms with van der Waals surface area (Å²) in [6, 6.07) is -1.15. The zero-order chi connectivity index (χ0) is 46.6. The van der Waals surface area contributed by atoms with Gasteiger partial charge in [0.25, 0.3) is 0 Å². The fraction of sp³-hybridized carbons (Fsp3) is 0.980. The van der Waals surface area contributed by atoms with Gasteiger partial charge in [0.05, 0.1) is 31.3 Å². The minimum absolute atomic E-state index is 0.216. The molecule has 1 aliphatic carbocycles. The lowest BCUT2D eigenvalue weighted by Gasteiger charge is -2.41. The molecule has 0 aromatic rings. The molecular weight excluding hydrogens is 826 g/mol. The van der Waals surface area contributed by atoms with E-state index in [0.717, 1.165) is 51.4 Å². The van der Waals surface area contributed by atoms with Crippen LogP contribution in [0.15, 0.2) is 0 Å². The van der Waals surface area contributed by atoms with Gasteiger partial charge in [-0.2, -0.15) is 0 Å². The highest BCUT2D eigenvalue weighted by Gasteiger charge is 2.51. The number of amides is 1. The van der Waals surface area contributed by atoms with E-state index in [9.17, 15) is 50.0 Å². The van der Waals surface area contributed by atoms with Gasteiger partial charge in [0.1, 0.15) is 36.6 Å². The van der Waals surface area contributed by atoms with E-state index >= 15 is 0 Å². The number of nitrogens with one attached hydrogen (secondary N) is 1. The van der Waals surface area contributed by atoms with Crippen LogP contribution < -0.4 is 5.32 Å². The SMILES string of the molecule is CCCCCCCCCCCCCCCCCCCCCCC(O)C(COP(=O)(O)OC1C(O)C(O)C(O)C(O)C1O)NC(=O)CC(O)CCCCCCCCCCCCCCC. The number of phosphoric acid groups is 1. The summed E-state index contributed by atoms with van der Waals surface area (Å²) in [5.74, 6) is -0.555. The van der Waals surface area contributed by atoms with Crippen molar-refractivity contribution in [1.29, 1.82) is 0 Å². The molecule has 1 amide bonds. The van der Waals surface area contributed by atoms with Crippen LogP contribution in [-0.2, 0) is 18.4 Å². The second-order valence-corrected chi connectivity index (χ2v) is 20.3. The van der Waals surface area contributed by atoms with Crippen molar-refractivity contribution < 1.29 is 59.0 Å². The molecule has 1 saturated carbocycles. The fourth-order valence-corrected chi connectivity index (χ4v) is 9.69. The van der Waals surface area contributed by atoms with Crippen LogP contribution in [0.4, 0.5) is 0 Å². The summed E-state index contributed by atoms with van der Waals surface area (Å²) >= 11 is 0. The Morgan fingerprint density at radius 1 is 0.492 bits per heavy atom. The summed E-state index contributed by atoms with van der Waals surface area (Å²) in [7, 11) is -5.12. The van der Waals surface area contributed by atoms with Crippen molar-refractivity contribution in [1.82, 2.24) is 5.32 Å². The number of carbonyl (C=O) groups is 1. The molecule has 13 nitrogen and oxygen atoms in total. The highest BCUT2D eigenvalue weighted by Crippen LogP contribution is 2.47. The summed E-state index contributed by atoms with van der Waals surface area (Å²) in [5.41, 5.74) is 0. The molecule has 14 heteroatoms. The van der Waals surface area contributed by atoms with Crippen LogP contribution in [0.25, 0.3) is 0 Å². The third-order valence-electron chi connectivity index (χ3n) is 13.0. The molecular formula is C49H98NO12P. The number of unbranched alkanes of at least 4 members (excludes halogenated alkanes) is 31. The minimum Gasteiger partial charge on any atom is -0.393 e. The van der Waals surface area contributed by atoms with Gasteiger partial charge in [-0.15, -0.1) is 0 Å². The maximum Gasteiger partial charge on any atom is 0.472 e. The van der Waals surface area contributed by atoms with Gasteiger partial charge in [0.15, 0.2) is 0 Å². The molecule has 8 unspecified atom stereocenters. The summed E-state index contributed by atoms with van der Waals surface area (Å²) in [4.78, 5) is 23.5. The lowest BCUT2D eigenvalue weighted by molar-refractivity contribution is -0.220. The summed E-state index contributed by atoms with van der Waals surface area (Å²) in [6.45, 7) is 3.82. The standard InChI is InChI=1S/C49H98NO12P/c1-3-5-7-9-11-13-15-17-18-19-20-21-22-23-25-27-29-31-33-35-37-42(52)41(39-61-63(59,60)62-49-47(57)45(55)44(54)46(56)48(49)58)50-43(53)38-40(51)36-34-32-30-28-26-24-16-14-12-10-8-6-4-2/h40-42,44-49,51-52,54-58H,3-39H2,1-2H3,(H,50,53)(H,59,60). The largest absolute Gasteiger partial charge is 0.472 e. The second-order valence-electron chi connectivity index (χ2n) is 18.9. The molecule has 0 aliphatic heterocycles. The van der Waals surface area contributed by atoms with Crippen LogP contribution in [0.5, 0.6) is 0 Å². The zero-order valence-corrected chi connectivity index (χ0v) is 40.9. The van der Waals surface area contributed by atoms with Crippen molar-refractivity contribution in [3.05, 3.63) is 0 Å². The maximum atomic E-state index is 13.0. The van der Waals surface area contributed by atoms with E-state index in [2.05, 4.69) is 19.2 Å². The Hall–Kier alpha value is -0.700. The van der Waals surface area contributed by atoms with Crippen molar-refractivity contribution in [3.63, 3.8) is 0 Å². The third-order valence-corrected chi connectivity index (χ3v) is 14.0. The first-order valence-electron chi connectivity index (χ1n) is 26.1. The van der Waals surface area contributed by atoms with Crippen molar-refractivity contribution in [2.75, 3.05) is 6.61 Å². The number of aliphatic hydroxyl groups excluding tert-OH is 7. The molecule has 1 rings (SSSR count). The topological polar surface area (TPSA) is 226 Å². The van der Waals surface area contributed by atoms with Gasteiger partial charge in [0, 0.05) is 0 Å². The van der Waals surface area contributed by atoms with E-state index in [1.54, 1.807) is 0 Å². The molecule has 0 aromatic heterocycles. The third kappa shape index (κ3) is 31.1. The van der Waals surface area contributed by atoms with Gasteiger partial charge in [-0.1, -0.05) is 226 Å². The normalized spacial score (nSPS) is 22.8. The molecule has 0 saturated heterocycles. The van der Waals surface area contributed by atoms with Crippen LogP contribution in [0.1, 0.15) is 245 Å². The first-order valence-corrected chi connectivity index (χ1v) is 27.6. The maximum absolute atomic E-state index is 13.0. The lowest BCUT2D eigenvalue weighted by atomic mass is 9.85. The number of aliphatic hydroxyl groups is 7. The van der Waals surface area contributed by atoms with Crippen molar-refractivity contribution in [2.45, 2.75) is 300 Å². The Balaban J connectivity index is 2.44. The van der Waals surface area contributed by atoms with E-state index in [1.807, 2.05) is 0 Å². The molecule has 1 aliphatic rings. The smallest absolute Gasteiger partial charge is 0.393 e. The van der Waals surface area contributed by atoms with Crippen LogP contribution in [-0.4, -0.2) is 108 Å². The predicted molar refractivity (Wildman–Crippen MR) is 252 cm³/mol. The molecule has 63 heavy (non-hydrogen) atoms. The monoisotopic (exact) mass is 924 g/mol. The molecule has 0 heterocycles. The summed E-state index contributed by atoms with van der Waals surface area (Å²) in [5, 5.41) is 74.8. The summed E-state index contributed by atoms with van der Waals surface area (Å²) in [6.07, 6.45) is 27.2. The van der Waals surface area contributed by atoms with Gasteiger partial charge in [-0.25, -0.2) is 4.57 Å². The second kappa shape index (κ2) is 39.3. The molecule has 0 bridgehead atoms. The van der Waals surface area contributed by atoms with Crippen LogP contribution >= 0.6 is 7.82 Å². The molecule has 8 atom stereocenters. The first kappa shape index (κ1) is 60.3. The predicted octanol–water partition coefficient (Wildman–Crippen LogP) is 9.60. The van der Waals surface area contributed by atoms with Gasteiger partial charge < -0.3 is 46.0 Å². The van der Waals surface area contributed by atoms with E-state index in [4.69, 9.17) is 9.05 Å². The number of hydrogen-bond donors (Lipinski definition) is 9. The minimum atomic E-state index is -5.12. The molecule has 0 radical (unpaired) electrons. The molecule has 376 valence electrons. The van der Waals surface area contributed by atoms with Gasteiger partial charge in [-0.05, 0) is 12.8 Å². The first-order chi connectivity index (χ1) is 30.3. The highest BCUT2D eigenvalue weighted by atomic mass is 31.2. The van der Waals surface area contributed by atoms with E-state index in [1.165, 1.54) is 154 Å². The lowest BCUT2D eigenvalue weighted by Crippen LogP contribution is -2.64. The van der Waals surface area contributed by atoms with Crippen molar-refractivity contribution in [2.24, 2.45) is 0 Å². The van der Waals surface area contributed by atoms with Crippen LogP contribution in [0.2, 0.25) is 0 Å². The van der Waals surface area contributed by atoms with Crippen molar-refractivity contribution >= 4 is 13.7 Å². The van der Waals surface area contributed by atoms with E-state index < -0.39 is 75.2 Å². The molecule has 0 spiro atoms. The van der Waals surface area contributed by atoms with E-state index in [0.29, 0.717) is 12.8 Å². The fourth-order valence-electron chi connectivity index (χ4n) is 8.72. The Morgan fingerprint density at radius 2 is 0.794 bits per heavy atom. The Morgan fingerprint density at radius 3 is 1.14 bits per heavy atom. The number of phosphoric ester groups is 1. The molecule has 0 aromatic carbocycles. The molecule has 9 N–H and O–H groups in total. The Bertz CT molecular complexity index is 1090. The van der Waals surface area contributed by atoms with Crippen LogP contribution in [0, 0.1) is 0 Å². The van der Waals surface area contributed by atoms with Crippen LogP contribution in [0.3, 0.4) is 0 Å². The quantitative estimate of drug-likeness (QED) is 0.0206. The van der Waals surface area contributed by atoms with Gasteiger partial charge in [-0.3, -0.25) is 13.8 Å². The van der Waals surface area contributed by atoms with Gasteiger partial charge in [0.2, 0.25) is 5.91 Å². The van der Waals surface area contributed by atoms with Gasteiger partial charge >= 0.3 is 7.82 Å². The average molecular weight is 924 g/mol. The zero-order valence-electron chi connectivity index (χ0n) is 40.0. The van der Waals surface area contributed by atoms with Crippen molar-refractivity contribution in [3.8, 4) is 0 Å². The molecule has 1 fully saturated rings. The highest BCUT2D eigenvalue weighted by molar-refractivity contribution is 7.47. The Labute approximate surface area is 383 Å². The number of rotatable bonds is 44. The number of carbonyl (C=O) groups excluding carboxylic acids is 1. The number of hydrogen-bond acceptors (Lipinski definition) is 11. The average Bonchev–Trinajstić information content (AvgIpc) is 3.26.